The Morgan fingerprint density at radius 1 is 1.30 bits per heavy atom. The predicted octanol–water partition coefficient (Wildman–Crippen LogP) is 3.17. The molecule has 1 aromatic carbocycles. The molecule has 0 aliphatic carbocycles. The number of ether oxygens (including phenoxy) is 1. The van der Waals surface area contributed by atoms with E-state index in [0.717, 1.165) is 9.26 Å². The van der Waals surface area contributed by atoms with Gasteiger partial charge >= 0.3 is 0 Å². The van der Waals surface area contributed by atoms with Crippen molar-refractivity contribution in [2.45, 2.75) is 5.88 Å². The number of methoxy groups -OCH3 is 1. The Labute approximate surface area is 134 Å². The van der Waals surface area contributed by atoms with E-state index in [4.69, 9.17) is 16.3 Å². The number of hydrogen-bond acceptors (Lipinski definition) is 4. The van der Waals surface area contributed by atoms with E-state index in [-0.39, 0.29) is 5.88 Å². The molecule has 0 spiro atoms. The minimum atomic E-state index is 0.282. The van der Waals surface area contributed by atoms with Crippen molar-refractivity contribution in [3.05, 3.63) is 40.0 Å². The largest absolute Gasteiger partial charge is 0.479 e. The van der Waals surface area contributed by atoms with Gasteiger partial charge in [-0.15, -0.1) is 11.6 Å². The van der Waals surface area contributed by atoms with E-state index >= 15 is 0 Å². The number of rotatable bonds is 3. The summed E-state index contributed by atoms with van der Waals surface area (Å²) in [6.45, 7) is 0. The van der Waals surface area contributed by atoms with Crippen molar-refractivity contribution in [2.75, 3.05) is 7.11 Å². The average molecular weight is 401 g/mol. The summed E-state index contributed by atoms with van der Waals surface area (Å²) in [6.07, 6.45) is 1.47. The maximum atomic E-state index is 6.03. The standard InChI is InChI=1S/C13H10ClIN4O/c1-20-13-11-12(16-7-17-13)19(10(6-14)18-11)9-5-3-2-4-8(9)15/h2-5,7H,6H2,1H3. The van der Waals surface area contributed by atoms with Gasteiger partial charge in [0.1, 0.15) is 12.2 Å². The third kappa shape index (κ3) is 2.12. The molecule has 0 aliphatic rings. The van der Waals surface area contributed by atoms with Crippen LogP contribution in [0, 0.1) is 3.57 Å². The lowest BCUT2D eigenvalue weighted by Gasteiger charge is -2.09. The SMILES string of the molecule is COc1ncnc2c1nc(CCl)n2-c1ccccc1I. The van der Waals surface area contributed by atoms with Crippen molar-refractivity contribution in [1.82, 2.24) is 19.5 Å². The van der Waals surface area contributed by atoms with Crippen LogP contribution in [0.15, 0.2) is 30.6 Å². The molecule has 0 saturated carbocycles. The lowest BCUT2D eigenvalue weighted by molar-refractivity contribution is 0.401. The summed E-state index contributed by atoms with van der Waals surface area (Å²) < 4.78 is 8.26. The molecular weight excluding hydrogens is 391 g/mol. The van der Waals surface area contributed by atoms with Gasteiger partial charge in [0.05, 0.1) is 18.7 Å². The van der Waals surface area contributed by atoms with Gasteiger partial charge in [-0.25, -0.2) is 9.97 Å². The number of fused-ring (bicyclic) bond motifs is 1. The Balaban J connectivity index is 2.37. The van der Waals surface area contributed by atoms with E-state index in [1.54, 1.807) is 7.11 Å². The van der Waals surface area contributed by atoms with Gasteiger partial charge in [-0.05, 0) is 34.7 Å². The van der Waals surface area contributed by atoms with Gasteiger partial charge in [-0.1, -0.05) is 12.1 Å². The van der Waals surface area contributed by atoms with Gasteiger partial charge in [-0.3, -0.25) is 4.57 Å². The molecule has 0 bridgehead atoms. The minimum absolute atomic E-state index is 0.282. The molecule has 0 saturated heterocycles. The molecule has 0 N–H and O–H groups in total. The van der Waals surface area contributed by atoms with Gasteiger partial charge < -0.3 is 4.74 Å². The number of alkyl halides is 1. The second-order valence-corrected chi connectivity index (χ2v) is 5.43. The Hall–Kier alpha value is -1.41. The number of hydrogen-bond donors (Lipinski definition) is 0. The topological polar surface area (TPSA) is 52.8 Å². The number of para-hydroxylation sites is 1. The van der Waals surface area contributed by atoms with Crippen molar-refractivity contribution < 1.29 is 4.74 Å². The van der Waals surface area contributed by atoms with Crippen LogP contribution in [0.3, 0.4) is 0 Å². The molecule has 20 heavy (non-hydrogen) atoms. The highest BCUT2D eigenvalue weighted by Crippen LogP contribution is 2.27. The maximum absolute atomic E-state index is 6.03. The third-order valence-electron chi connectivity index (χ3n) is 2.89. The normalized spacial score (nSPS) is 10.9. The van der Waals surface area contributed by atoms with Gasteiger partial charge in [0.15, 0.2) is 11.2 Å². The highest BCUT2D eigenvalue weighted by atomic mass is 127. The smallest absolute Gasteiger partial charge is 0.245 e. The minimum Gasteiger partial charge on any atom is -0.479 e. The van der Waals surface area contributed by atoms with Crippen LogP contribution >= 0.6 is 34.2 Å². The summed E-state index contributed by atoms with van der Waals surface area (Å²) in [5.41, 5.74) is 2.30. The van der Waals surface area contributed by atoms with Crippen LogP contribution < -0.4 is 4.74 Å². The summed E-state index contributed by atoms with van der Waals surface area (Å²) in [5.74, 6) is 1.44. The number of benzene rings is 1. The third-order valence-corrected chi connectivity index (χ3v) is 4.04. The van der Waals surface area contributed by atoms with Crippen LogP contribution in [0.2, 0.25) is 0 Å². The number of nitrogens with zero attached hydrogens (tertiary/aromatic N) is 4. The molecule has 3 aromatic rings. The number of imidazole rings is 1. The summed E-state index contributed by atoms with van der Waals surface area (Å²) in [4.78, 5) is 12.9. The van der Waals surface area contributed by atoms with Gasteiger partial charge in [0.2, 0.25) is 5.88 Å². The highest BCUT2D eigenvalue weighted by Gasteiger charge is 2.18. The summed E-state index contributed by atoms with van der Waals surface area (Å²) in [5, 5.41) is 0. The van der Waals surface area contributed by atoms with Crippen LogP contribution in [0.5, 0.6) is 5.88 Å². The molecule has 0 radical (unpaired) electrons. The first-order valence-corrected chi connectivity index (χ1v) is 7.44. The zero-order valence-corrected chi connectivity index (χ0v) is 13.5. The lowest BCUT2D eigenvalue weighted by atomic mass is 10.3. The summed E-state index contributed by atoms with van der Waals surface area (Å²) in [6, 6.07) is 7.99. The zero-order chi connectivity index (χ0) is 14.1. The van der Waals surface area contributed by atoms with Crippen molar-refractivity contribution in [3.63, 3.8) is 0 Å². The number of aromatic nitrogens is 4. The fraction of sp³-hybridized carbons (Fsp3) is 0.154. The van der Waals surface area contributed by atoms with Crippen LogP contribution in [-0.2, 0) is 5.88 Å². The predicted molar refractivity (Wildman–Crippen MR) is 85.5 cm³/mol. The molecule has 0 fully saturated rings. The van der Waals surface area contributed by atoms with Crippen LogP contribution in [-0.4, -0.2) is 26.6 Å². The van der Waals surface area contributed by atoms with Crippen molar-refractivity contribution in [1.29, 1.82) is 0 Å². The molecular formula is C13H10ClIN4O. The molecule has 0 aliphatic heterocycles. The van der Waals surface area contributed by atoms with Gasteiger partial charge in [0, 0.05) is 3.57 Å². The molecule has 102 valence electrons. The van der Waals surface area contributed by atoms with E-state index in [0.29, 0.717) is 22.9 Å². The van der Waals surface area contributed by atoms with E-state index < -0.39 is 0 Å². The molecule has 0 atom stereocenters. The van der Waals surface area contributed by atoms with Crippen molar-refractivity contribution in [2.24, 2.45) is 0 Å². The molecule has 5 nitrogen and oxygen atoms in total. The Morgan fingerprint density at radius 3 is 2.80 bits per heavy atom. The fourth-order valence-corrected chi connectivity index (χ4v) is 2.85. The van der Waals surface area contributed by atoms with Crippen LogP contribution in [0.1, 0.15) is 5.82 Å². The molecule has 0 amide bonds. The van der Waals surface area contributed by atoms with E-state index in [1.165, 1.54) is 6.33 Å². The molecule has 2 heterocycles. The first-order chi connectivity index (χ1) is 9.76. The Kier molecular flexibility index (Phi) is 3.75. The molecule has 3 rings (SSSR count). The second kappa shape index (κ2) is 5.53. The monoisotopic (exact) mass is 400 g/mol. The lowest BCUT2D eigenvalue weighted by Crippen LogP contribution is -2.02. The molecule has 2 aromatic heterocycles. The van der Waals surface area contributed by atoms with E-state index in [1.807, 2.05) is 28.8 Å². The fourth-order valence-electron chi connectivity index (χ4n) is 2.04. The van der Waals surface area contributed by atoms with E-state index in [9.17, 15) is 0 Å². The first kappa shape index (κ1) is 13.6. The maximum Gasteiger partial charge on any atom is 0.245 e. The van der Waals surface area contributed by atoms with Crippen LogP contribution in [0.4, 0.5) is 0 Å². The van der Waals surface area contributed by atoms with Crippen molar-refractivity contribution in [3.8, 4) is 11.6 Å². The van der Waals surface area contributed by atoms with Crippen molar-refractivity contribution >= 4 is 45.4 Å². The summed E-state index contributed by atoms with van der Waals surface area (Å²) >= 11 is 8.31. The van der Waals surface area contributed by atoms with Gasteiger partial charge in [0.25, 0.3) is 0 Å². The van der Waals surface area contributed by atoms with Gasteiger partial charge in [-0.2, -0.15) is 4.98 Å². The zero-order valence-electron chi connectivity index (χ0n) is 10.5. The summed E-state index contributed by atoms with van der Waals surface area (Å²) in [7, 11) is 1.56. The average Bonchev–Trinajstić information content (AvgIpc) is 2.86. The number of halogens is 2. The second-order valence-electron chi connectivity index (χ2n) is 4.00. The highest BCUT2D eigenvalue weighted by molar-refractivity contribution is 14.1. The quantitative estimate of drug-likeness (QED) is 0.501. The molecule has 7 heteroatoms. The first-order valence-electron chi connectivity index (χ1n) is 5.83. The van der Waals surface area contributed by atoms with Crippen LogP contribution in [0.25, 0.3) is 16.9 Å². The Bertz CT molecular complexity index is 774. The Morgan fingerprint density at radius 2 is 2.10 bits per heavy atom. The van der Waals surface area contributed by atoms with E-state index in [2.05, 4.69) is 37.5 Å². The molecule has 0 unspecified atom stereocenters.